The summed E-state index contributed by atoms with van der Waals surface area (Å²) in [6.07, 6.45) is 0.984. The van der Waals surface area contributed by atoms with Gasteiger partial charge in [0.15, 0.2) is 0 Å². The van der Waals surface area contributed by atoms with Crippen LogP contribution in [0.25, 0.3) is 0 Å². The SMILES string of the molecule is CCCNCC(=O)Nc1ccc(Br)c(Cl)c1Cl. The highest BCUT2D eigenvalue weighted by Gasteiger charge is 2.10. The van der Waals surface area contributed by atoms with E-state index in [-0.39, 0.29) is 12.5 Å². The summed E-state index contributed by atoms with van der Waals surface area (Å²) in [5.41, 5.74) is 0.517. The van der Waals surface area contributed by atoms with E-state index < -0.39 is 0 Å². The van der Waals surface area contributed by atoms with Gasteiger partial charge in [0, 0.05) is 4.47 Å². The molecule has 1 rings (SSSR count). The highest BCUT2D eigenvalue weighted by molar-refractivity contribution is 9.10. The Balaban J connectivity index is 2.63. The molecule has 0 heterocycles. The predicted molar refractivity (Wildman–Crippen MR) is 76.0 cm³/mol. The Morgan fingerprint density at radius 1 is 1.35 bits per heavy atom. The van der Waals surface area contributed by atoms with Crippen LogP contribution in [0.15, 0.2) is 16.6 Å². The maximum Gasteiger partial charge on any atom is 0.238 e. The Bertz CT molecular complexity index is 413. The van der Waals surface area contributed by atoms with Crippen molar-refractivity contribution in [2.75, 3.05) is 18.4 Å². The second kappa shape index (κ2) is 7.21. The largest absolute Gasteiger partial charge is 0.324 e. The molecule has 1 amide bonds. The number of carbonyl (C=O) groups is 1. The van der Waals surface area contributed by atoms with Gasteiger partial charge < -0.3 is 10.6 Å². The van der Waals surface area contributed by atoms with Gasteiger partial charge in [0.05, 0.1) is 22.3 Å². The molecule has 1 aromatic carbocycles. The molecule has 0 aliphatic rings. The molecule has 2 N–H and O–H groups in total. The van der Waals surface area contributed by atoms with Crippen molar-refractivity contribution in [3.8, 4) is 0 Å². The molecule has 94 valence electrons. The molecule has 0 fully saturated rings. The zero-order valence-electron chi connectivity index (χ0n) is 9.32. The number of amides is 1. The monoisotopic (exact) mass is 338 g/mol. The topological polar surface area (TPSA) is 41.1 Å². The third-order valence-electron chi connectivity index (χ3n) is 2.02. The minimum Gasteiger partial charge on any atom is -0.324 e. The normalized spacial score (nSPS) is 10.4. The average Bonchev–Trinajstić information content (AvgIpc) is 2.30. The van der Waals surface area contributed by atoms with Gasteiger partial charge in [0.2, 0.25) is 5.91 Å². The molecule has 6 heteroatoms. The third kappa shape index (κ3) is 4.47. The van der Waals surface area contributed by atoms with Crippen molar-refractivity contribution in [1.82, 2.24) is 5.32 Å². The molecule has 0 radical (unpaired) electrons. The number of anilines is 1. The summed E-state index contributed by atoms with van der Waals surface area (Å²) in [6.45, 7) is 3.11. The van der Waals surface area contributed by atoms with E-state index in [2.05, 4.69) is 26.6 Å². The molecule has 0 atom stereocenters. The summed E-state index contributed by atoms with van der Waals surface area (Å²) in [5.74, 6) is -0.140. The summed E-state index contributed by atoms with van der Waals surface area (Å²) < 4.78 is 0.700. The Kier molecular flexibility index (Phi) is 6.27. The second-order valence-electron chi connectivity index (χ2n) is 3.45. The summed E-state index contributed by atoms with van der Waals surface area (Å²) in [7, 11) is 0. The predicted octanol–water partition coefficient (Wildman–Crippen LogP) is 3.69. The van der Waals surface area contributed by atoms with Gasteiger partial charge >= 0.3 is 0 Å². The van der Waals surface area contributed by atoms with Crippen molar-refractivity contribution < 1.29 is 4.79 Å². The first-order valence-electron chi connectivity index (χ1n) is 5.20. The van der Waals surface area contributed by atoms with Gasteiger partial charge in [-0.15, -0.1) is 0 Å². The molecule has 17 heavy (non-hydrogen) atoms. The first kappa shape index (κ1) is 14.8. The number of carbonyl (C=O) groups excluding carboxylic acids is 1. The standard InChI is InChI=1S/C11H13BrCl2N2O/c1-2-5-15-6-9(17)16-8-4-3-7(12)10(13)11(8)14/h3-4,15H,2,5-6H2,1H3,(H,16,17). The summed E-state index contributed by atoms with van der Waals surface area (Å²) in [5, 5.41) is 6.43. The van der Waals surface area contributed by atoms with Crippen LogP contribution in [0.2, 0.25) is 10.0 Å². The smallest absolute Gasteiger partial charge is 0.238 e. The second-order valence-corrected chi connectivity index (χ2v) is 5.06. The summed E-state index contributed by atoms with van der Waals surface area (Å²) >= 11 is 15.2. The van der Waals surface area contributed by atoms with Crippen LogP contribution in [0.4, 0.5) is 5.69 Å². The van der Waals surface area contributed by atoms with E-state index in [1.165, 1.54) is 0 Å². The van der Waals surface area contributed by atoms with Crippen LogP contribution in [-0.2, 0) is 4.79 Å². The number of halogens is 3. The van der Waals surface area contributed by atoms with Crippen molar-refractivity contribution in [1.29, 1.82) is 0 Å². The first-order valence-corrected chi connectivity index (χ1v) is 6.75. The van der Waals surface area contributed by atoms with Crippen molar-refractivity contribution >= 4 is 50.7 Å². The van der Waals surface area contributed by atoms with Crippen LogP contribution in [0.1, 0.15) is 13.3 Å². The lowest BCUT2D eigenvalue weighted by Crippen LogP contribution is -2.28. The molecule has 0 saturated carbocycles. The number of hydrogen-bond acceptors (Lipinski definition) is 2. The molecule has 0 aliphatic carbocycles. The van der Waals surface area contributed by atoms with Crippen LogP contribution in [-0.4, -0.2) is 19.0 Å². The van der Waals surface area contributed by atoms with E-state index in [9.17, 15) is 4.79 Å². The fourth-order valence-electron chi connectivity index (χ4n) is 1.20. The molecular formula is C11H13BrCl2N2O. The van der Waals surface area contributed by atoms with Gasteiger partial charge in [-0.25, -0.2) is 0 Å². The van der Waals surface area contributed by atoms with E-state index in [0.29, 0.717) is 20.2 Å². The highest BCUT2D eigenvalue weighted by Crippen LogP contribution is 2.35. The number of hydrogen-bond donors (Lipinski definition) is 2. The van der Waals surface area contributed by atoms with Crippen LogP contribution in [0.3, 0.4) is 0 Å². The van der Waals surface area contributed by atoms with Crippen LogP contribution < -0.4 is 10.6 Å². The first-order chi connectivity index (χ1) is 8.06. The Hall–Kier alpha value is -0.290. The zero-order chi connectivity index (χ0) is 12.8. The van der Waals surface area contributed by atoms with Gasteiger partial charge in [-0.3, -0.25) is 4.79 Å². The van der Waals surface area contributed by atoms with Crippen molar-refractivity contribution in [2.24, 2.45) is 0 Å². The number of benzene rings is 1. The quantitative estimate of drug-likeness (QED) is 0.634. The van der Waals surface area contributed by atoms with Crippen molar-refractivity contribution in [2.45, 2.75) is 13.3 Å². The van der Waals surface area contributed by atoms with Gasteiger partial charge in [0.25, 0.3) is 0 Å². The molecule has 0 aliphatic heterocycles. The van der Waals surface area contributed by atoms with Gasteiger partial charge in [0.1, 0.15) is 0 Å². The molecule has 0 unspecified atom stereocenters. The molecular weight excluding hydrogens is 327 g/mol. The number of rotatable bonds is 5. The van der Waals surface area contributed by atoms with E-state index in [1.807, 2.05) is 6.92 Å². The lowest BCUT2D eigenvalue weighted by atomic mass is 10.3. The molecule has 0 aromatic heterocycles. The minimum absolute atomic E-state index is 0.140. The Morgan fingerprint density at radius 3 is 2.71 bits per heavy atom. The lowest BCUT2D eigenvalue weighted by Gasteiger charge is -2.09. The van der Waals surface area contributed by atoms with Crippen molar-refractivity contribution in [3.63, 3.8) is 0 Å². The minimum atomic E-state index is -0.140. The van der Waals surface area contributed by atoms with E-state index in [0.717, 1.165) is 13.0 Å². The summed E-state index contributed by atoms with van der Waals surface area (Å²) in [4.78, 5) is 11.5. The van der Waals surface area contributed by atoms with Crippen LogP contribution in [0, 0.1) is 0 Å². The zero-order valence-corrected chi connectivity index (χ0v) is 12.4. The van der Waals surface area contributed by atoms with E-state index in [4.69, 9.17) is 23.2 Å². The van der Waals surface area contributed by atoms with Gasteiger partial charge in [-0.05, 0) is 41.0 Å². The fraction of sp³-hybridized carbons (Fsp3) is 0.364. The Morgan fingerprint density at radius 2 is 2.06 bits per heavy atom. The molecule has 0 saturated heterocycles. The summed E-state index contributed by atoms with van der Waals surface area (Å²) in [6, 6.07) is 3.44. The molecule has 0 spiro atoms. The van der Waals surface area contributed by atoms with Crippen LogP contribution in [0.5, 0.6) is 0 Å². The molecule has 0 bridgehead atoms. The van der Waals surface area contributed by atoms with Gasteiger partial charge in [-0.1, -0.05) is 30.1 Å². The maximum absolute atomic E-state index is 11.5. The van der Waals surface area contributed by atoms with Crippen molar-refractivity contribution in [3.05, 3.63) is 26.7 Å². The van der Waals surface area contributed by atoms with Crippen LogP contribution >= 0.6 is 39.1 Å². The highest BCUT2D eigenvalue weighted by atomic mass is 79.9. The number of nitrogens with one attached hydrogen (secondary N) is 2. The third-order valence-corrected chi connectivity index (χ3v) is 3.79. The van der Waals surface area contributed by atoms with E-state index in [1.54, 1.807) is 12.1 Å². The molecule has 1 aromatic rings. The average molecular weight is 340 g/mol. The molecule has 3 nitrogen and oxygen atoms in total. The van der Waals surface area contributed by atoms with E-state index >= 15 is 0 Å². The maximum atomic E-state index is 11.5. The van der Waals surface area contributed by atoms with Gasteiger partial charge in [-0.2, -0.15) is 0 Å². The fourth-order valence-corrected chi connectivity index (χ4v) is 2.02. The Labute approximate surface area is 119 Å². The lowest BCUT2D eigenvalue weighted by molar-refractivity contribution is -0.115.